The van der Waals surface area contributed by atoms with Gasteiger partial charge in [-0.05, 0) is 48.9 Å². The van der Waals surface area contributed by atoms with Gasteiger partial charge in [0.05, 0.1) is 37.5 Å². The van der Waals surface area contributed by atoms with Crippen LogP contribution in [-0.4, -0.2) is 32.0 Å². The molecule has 0 fully saturated rings. The second-order valence-corrected chi connectivity index (χ2v) is 5.57. The summed E-state index contributed by atoms with van der Waals surface area (Å²) >= 11 is 0. The summed E-state index contributed by atoms with van der Waals surface area (Å²) in [5.41, 5.74) is 2.80. The zero-order valence-corrected chi connectivity index (χ0v) is 14.6. The molecule has 0 heterocycles. The number of hydrogen-bond donors (Lipinski definition) is 3. The standard InChI is InChI=1S/C19H20N4O3/c1-13-3-8-17(26-2)16(9-13)23-19(25)12-22-18(24)11-21-15-6-4-14(10-20)5-7-15/h3-9,21H,11-12H2,1-2H3,(H,22,24)(H,23,25). The normalized spacial score (nSPS) is 9.73. The van der Waals surface area contributed by atoms with Crippen LogP contribution in [0.4, 0.5) is 11.4 Å². The van der Waals surface area contributed by atoms with Crippen LogP contribution in [0.3, 0.4) is 0 Å². The number of rotatable bonds is 7. The van der Waals surface area contributed by atoms with Crippen LogP contribution in [-0.2, 0) is 9.59 Å². The molecule has 0 bridgehead atoms. The highest BCUT2D eigenvalue weighted by atomic mass is 16.5. The monoisotopic (exact) mass is 352 g/mol. The molecule has 0 saturated heterocycles. The number of amides is 2. The van der Waals surface area contributed by atoms with Gasteiger partial charge in [0.25, 0.3) is 0 Å². The third-order valence-corrected chi connectivity index (χ3v) is 3.54. The van der Waals surface area contributed by atoms with E-state index >= 15 is 0 Å². The van der Waals surface area contributed by atoms with Crippen molar-refractivity contribution in [3.05, 3.63) is 53.6 Å². The summed E-state index contributed by atoms with van der Waals surface area (Å²) in [7, 11) is 1.52. The third-order valence-electron chi connectivity index (χ3n) is 3.54. The van der Waals surface area contributed by atoms with Crippen LogP contribution in [0, 0.1) is 18.3 Å². The lowest BCUT2D eigenvalue weighted by atomic mass is 10.2. The van der Waals surface area contributed by atoms with Crippen LogP contribution in [0.15, 0.2) is 42.5 Å². The van der Waals surface area contributed by atoms with Gasteiger partial charge in [-0.1, -0.05) is 6.07 Å². The van der Waals surface area contributed by atoms with Crippen molar-refractivity contribution in [2.24, 2.45) is 0 Å². The molecule has 2 aromatic carbocycles. The minimum Gasteiger partial charge on any atom is -0.495 e. The van der Waals surface area contributed by atoms with Gasteiger partial charge in [0.1, 0.15) is 5.75 Å². The van der Waals surface area contributed by atoms with E-state index in [4.69, 9.17) is 10.00 Å². The quantitative estimate of drug-likeness (QED) is 0.707. The largest absolute Gasteiger partial charge is 0.495 e. The molecule has 0 unspecified atom stereocenters. The van der Waals surface area contributed by atoms with E-state index in [-0.39, 0.29) is 24.9 Å². The summed E-state index contributed by atoms with van der Waals surface area (Å²) in [6.45, 7) is 1.78. The zero-order chi connectivity index (χ0) is 18.9. The predicted octanol–water partition coefficient (Wildman–Crippen LogP) is 2.04. The van der Waals surface area contributed by atoms with Gasteiger partial charge in [0, 0.05) is 5.69 Å². The fourth-order valence-corrected chi connectivity index (χ4v) is 2.20. The number of hydrogen-bond acceptors (Lipinski definition) is 5. The van der Waals surface area contributed by atoms with Crippen molar-refractivity contribution in [3.63, 3.8) is 0 Å². The minimum absolute atomic E-state index is 0.0208. The van der Waals surface area contributed by atoms with E-state index in [9.17, 15) is 9.59 Å². The van der Waals surface area contributed by atoms with Crippen LogP contribution in [0.1, 0.15) is 11.1 Å². The lowest BCUT2D eigenvalue weighted by Gasteiger charge is -2.12. The van der Waals surface area contributed by atoms with Gasteiger partial charge in [0.15, 0.2) is 0 Å². The SMILES string of the molecule is COc1ccc(C)cc1NC(=O)CNC(=O)CNc1ccc(C#N)cc1. The maximum Gasteiger partial charge on any atom is 0.243 e. The average molecular weight is 352 g/mol. The molecule has 7 nitrogen and oxygen atoms in total. The van der Waals surface area contributed by atoms with E-state index in [1.807, 2.05) is 19.1 Å². The maximum absolute atomic E-state index is 12.0. The Hall–Kier alpha value is -3.53. The minimum atomic E-state index is -0.347. The van der Waals surface area contributed by atoms with Gasteiger partial charge < -0.3 is 20.7 Å². The molecule has 0 aliphatic carbocycles. The van der Waals surface area contributed by atoms with Crippen LogP contribution in [0.25, 0.3) is 0 Å². The van der Waals surface area contributed by atoms with E-state index in [1.54, 1.807) is 36.4 Å². The fraction of sp³-hybridized carbons (Fsp3) is 0.211. The smallest absolute Gasteiger partial charge is 0.243 e. The Morgan fingerprint density at radius 3 is 2.46 bits per heavy atom. The third kappa shape index (κ3) is 5.53. The van der Waals surface area contributed by atoms with Crippen molar-refractivity contribution in [1.82, 2.24) is 5.32 Å². The van der Waals surface area contributed by atoms with E-state index in [0.717, 1.165) is 5.56 Å². The Labute approximate surface area is 152 Å². The summed E-state index contributed by atoms with van der Waals surface area (Å²) in [5.74, 6) is -0.112. The predicted molar refractivity (Wildman–Crippen MR) is 99.0 cm³/mol. The molecule has 134 valence electrons. The van der Waals surface area contributed by atoms with Crippen molar-refractivity contribution >= 4 is 23.2 Å². The summed E-state index contributed by atoms with van der Waals surface area (Å²) in [4.78, 5) is 23.9. The Bertz CT molecular complexity index is 826. The molecule has 7 heteroatoms. The summed E-state index contributed by atoms with van der Waals surface area (Å²) in [6, 6.07) is 14.2. The topological polar surface area (TPSA) is 103 Å². The van der Waals surface area contributed by atoms with E-state index in [0.29, 0.717) is 22.7 Å². The number of anilines is 2. The number of benzene rings is 2. The molecule has 0 saturated carbocycles. The van der Waals surface area contributed by atoms with Crippen LogP contribution < -0.4 is 20.7 Å². The highest BCUT2D eigenvalue weighted by Gasteiger charge is 2.09. The number of aryl methyl sites for hydroxylation is 1. The molecule has 0 spiro atoms. The Balaban J connectivity index is 1.78. The molecule has 2 amide bonds. The summed E-state index contributed by atoms with van der Waals surface area (Å²) in [6.07, 6.45) is 0. The van der Waals surface area contributed by atoms with E-state index in [1.165, 1.54) is 7.11 Å². The number of ether oxygens (including phenoxy) is 1. The number of nitrogens with zero attached hydrogens (tertiary/aromatic N) is 1. The van der Waals surface area contributed by atoms with Gasteiger partial charge in [-0.2, -0.15) is 5.26 Å². The maximum atomic E-state index is 12.0. The number of carbonyl (C=O) groups excluding carboxylic acids is 2. The zero-order valence-electron chi connectivity index (χ0n) is 14.6. The van der Waals surface area contributed by atoms with Gasteiger partial charge >= 0.3 is 0 Å². The molecular weight excluding hydrogens is 332 g/mol. The van der Waals surface area contributed by atoms with Crippen molar-refractivity contribution in [3.8, 4) is 11.8 Å². The molecule has 0 aromatic heterocycles. The second kappa shape index (κ2) is 9.08. The van der Waals surface area contributed by atoms with Crippen molar-refractivity contribution in [2.45, 2.75) is 6.92 Å². The first-order valence-corrected chi connectivity index (χ1v) is 7.97. The molecular formula is C19H20N4O3. The number of methoxy groups -OCH3 is 1. The van der Waals surface area contributed by atoms with Crippen LogP contribution in [0.5, 0.6) is 5.75 Å². The van der Waals surface area contributed by atoms with E-state index in [2.05, 4.69) is 16.0 Å². The molecule has 0 atom stereocenters. The first-order valence-electron chi connectivity index (χ1n) is 7.97. The van der Waals surface area contributed by atoms with Gasteiger partial charge in [-0.15, -0.1) is 0 Å². The Morgan fingerprint density at radius 1 is 1.08 bits per heavy atom. The molecule has 0 aliphatic rings. The molecule has 26 heavy (non-hydrogen) atoms. The number of carbonyl (C=O) groups is 2. The Kier molecular flexibility index (Phi) is 6.57. The number of nitrogens with one attached hydrogen (secondary N) is 3. The average Bonchev–Trinajstić information content (AvgIpc) is 2.65. The highest BCUT2D eigenvalue weighted by molar-refractivity contribution is 5.96. The molecule has 0 radical (unpaired) electrons. The molecule has 2 rings (SSSR count). The van der Waals surface area contributed by atoms with Crippen molar-refractivity contribution in [2.75, 3.05) is 30.8 Å². The van der Waals surface area contributed by atoms with Crippen LogP contribution in [0.2, 0.25) is 0 Å². The van der Waals surface area contributed by atoms with Gasteiger partial charge in [-0.3, -0.25) is 9.59 Å². The van der Waals surface area contributed by atoms with Crippen molar-refractivity contribution < 1.29 is 14.3 Å². The fourth-order valence-electron chi connectivity index (χ4n) is 2.20. The summed E-state index contributed by atoms with van der Waals surface area (Å²) in [5, 5.41) is 16.9. The van der Waals surface area contributed by atoms with Crippen molar-refractivity contribution in [1.29, 1.82) is 5.26 Å². The lowest BCUT2D eigenvalue weighted by Crippen LogP contribution is -2.36. The Morgan fingerprint density at radius 2 is 1.81 bits per heavy atom. The highest BCUT2D eigenvalue weighted by Crippen LogP contribution is 2.24. The van der Waals surface area contributed by atoms with Gasteiger partial charge in [0.2, 0.25) is 11.8 Å². The second-order valence-electron chi connectivity index (χ2n) is 5.57. The lowest BCUT2D eigenvalue weighted by molar-refractivity contribution is -0.122. The molecule has 3 N–H and O–H groups in total. The van der Waals surface area contributed by atoms with Crippen LogP contribution >= 0.6 is 0 Å². The van der Waals surface area contributed by atoms with Gasteiger partial charge in [-0.25, -0.2) is 0 Å². The van der Waals surface area contributed by atoms with E-state index < -0.39 is 0 Å². The first-order chi connectivity index (χ1) is 12.5. The first kappa shape index (κ1) is 18.8. The summed E-state index contributed by atoms with van der Waals surface area (Å²) < 4.78 is 5.20. The number of nitriles is 1. The molecule has 2 aromatic rings. The molecule has 0 aliphatic heterocycles.